The summed E-state index contributed by atoms with van der Waals surface area (Å²) in [6.07, 6.45) is 4.31. The van der Waals surface area contributed by atoms with Gasteiger partial charge in [-0.15, -0.1) is 0 Å². The molecule has 4 aromatic rings. The molecule has 1 aliphatic rings. The van der Waals surface area contributed by atoms with E-state index in [0.717, 1.165) is 32.9 Å². The first-order valence-corrected chi connectivity index (χ1v) is 9.95. The highest BCUT2D eigenvalue weighted by atomic mass is 16.3. The van der Waals surface area contributed by atoms with Gasteiger partial charge in [-0.1, -0.05) is 29.8 Å². The predicted molar refractivity (Wildman–Crippen MR) is 117 cm³/mol. The SMILES string of the molecule is Cc1ccc2c(c1)c(C1=C(c3c[nH]c4ccccc34)C(=O)NC1=O)cn2CCCO. The maximum atomic E-state index is 12.9. The van der Waals surface area contributed by atoms with Gasteiger partial charge in [0.05, 0.1) is 11.1 Å². The van der Waals surface area contributed by atoms with Crippen LogP contribution in [0.25, 0.3) is 33.0 Å². The van der Waals surface area contributed by atoms with Crippen LogP contribution >= 0.6 is 0 Å². The molecular formula is C24H21N3O3. The highest BCUT2D eigenvalue weighted by Gasteiger charge is 2.35. The molecule has 2 aromatic carbocycles. The number of fused-ring (bicyclic) bond motifs is 2. The van der Waals surface area contributed by atoms with Crippen molar-refractivity contribution in [2.45, 2.75) is 19.9 Å². The van der Waals surface area contributed by atoms with Crippen molar-refractivity contribution in [3.63, 3.8) is 0 Å². The average molecular weight is 399 g/mol. The topological polar surface area (TPSA) is 87.1 Å². The molecule has 0 saturated heterocycles. The molecule has 6 heteroatoms. The molecule has 0 bridgehead atoms. The first-order valence-electron chi connectivity index (χ1n) is 9.95. The smallest absolute Gasteiger partial charge is 0.259 e. The van der Waals surface area contributed by atoms with E-state index in [0.29, 0.717) is 29.7 Å². The van der Waals surface area contributed by atoms with Crippen molar-refractivity contribution in [3.05, 3.63) is 71.5 Å². The van der Waals surface area contributed by atoms with Gasteiger partial charge in [0.25, 0.3) is 11.8 Å². The fourth-order valence-electron chi connectivity index (χ4n) is 4.28. The number of carbonyl (C=O) groups excluding carboxylic acids is 2. The van der Waals surface area contributed by atoms with Gasteiger partial charge in [0.15, 0.2) is 0 Å². The lowest BCUT2D eigenvalue weighted by atomic mass is 9.95. The number of aryl methyl sites for hydroxylation is 2. The van der Waals surface area contributed by atoms with E-state index < -0.39 is 0 Å². The number of aromatic nitrogens is 2. The van der Waals surface area contributed by atoms with E-state index in [2.05, 4.69) is 10.3 Å². The van der Waals surface area contributed by atoms with Crippen LogP contribution < -0.4 is 5.32 Å². The molecule has 0 fully saturated rings. The number of hydrogen-bond acceptors (Lipinski definition) is 3. The number of imide groups is 1. The number of hydrogen-bond donors (Lipinski definition) is 3. The summed E-state index contributed by atoms with van der Waals surface area (Å²) in [5.41, 5.74) is 5.18. The molecule has 2 aromatic heterocycles. The Morgan fingerprint density at radius 2 is 1.73 bits per heavy atom. The molecule has 0 saturated carbocycles. The Morgan fingerprint density at radius 3 is 2.53 bits per heavy atom. The molecule has 3 heterocycles. The number of aromatic amines is 1. The van der Waals surface area contributed by atoms with Crippen LogP contribution in [0, 0.1) is 6.92 Å². The number of nitrogens with zero attached hydrogens (tertiary/aromatic N) is 1. The van der Waals surface area contributed by atoms with Crippen molar-refractivity contribution in [2.75, 3.05) is 6.61 Å². The van der Waals surface area contributed by atoms with Crippen LogP contribution in [-0.4, -0.2) is 33.1 Å². The molecule has 1 aliphatic heterocycles. The Kier molecular flexibility index (Phi) is 4.29. The van der Waals surface area contributed by atoms with Gasteiger partial charge in [-0.3, -0.25) is 14.9 Å². The molecule has 0 atom stereocenters. The van der Waals surface area contributed by atoms with Gasteiger partial charge in [0, 0.05) is 58.5 Å². The fourth-order valence-corrected chi connectivity index (χ4v) is 4.28. The molecule has 5 rings (SSSR count). The maximum Gasteiger partial charge on any atom is 0.259 e. The fraction of sp³-hybridized carbons (Fsp3) is 0.167. The first kappa shape index (κ1) is 18.4. The standard InChI is InChI=1S/C24H21N3O3/c1-14-7-8-20-16(11-14)18(13-27(20)9-4-10-28)22-21(23(29)26-24(22)30)17-12-25-19-6-3-2-5-15(17)19/h2-3,5-8,11-13,25,28H,4,9-10H2,1H3,(H,26,29,30). The molecule has 0 spiro atoms. The van der Waals surface area contributed by atoms with Crippen LogP contribution in [0.2, 0.25) is 0 Å². The predicted octanol–water partition coefficient (Wildman–Crippen LogP) is 3.38. The van der Waals surface area contributed by atoms with Crippen LogP contribution in [0.3, 0.4) is 0 Å². The number of H-pyrrole nitrogens is 1. The van der Waals surface area contributed by atoms with Crippen molar-refractivity contribution in [1.82, 2.24) is 14.9 Å². The number of carbonyl (C=O) groups is 2. The van der Waals surface area contributed by atoms with Gasteiger partial charge in [-0.05, 0) is 31.5 Å². The summed E-state index contributed by atoms with van der Waals surface area (Å²) in [7, 11) is 0. The van der Waals surface area contributed by atoms with Gasteiger partial charge in [0.1, 0.15) is 0 Å². The monoisotopic (exact) mass is 399 g/mol. The van der Waals surface area contributed by atoms with E-state index in [4.69, 9.17) is 0 Å². The van der Waals surface area contributed by atoms with E-state index in [1.165, 1.54) is 0 Å². The van der Waals surface area contributed by atoms with E-state index in [1.807, 2.05) is 60.2 Å². The number of amides is 2. The molecule has 0 unspecified atom stereocenters. The van der Waals surface area contributed by atoms with Crippen molar-refractivity contribution in [2.24, 2.45) is 0 Å². The van der Waals surface area contributed by atoms with Gasteiger partial charge >= 0.3 is 0 Å². The Balaban J connectivity index is 1.80. The van der Waals surface area contributed by atoms with Crippen molar-refractivity contribution in [1.29, 1.82) is 0 Å². The number of aliphatic hydroxyl groups is 1. The Hall–Kier alpha value is -3.64. The second-order valence-corrected chi connectivity index (χ2v) is 7.62. The zero-order chi connectivity index (χ0) is 20.8. The van der Waals surface area contributed by atoms with Crippen LogP contribution in [0.5, 0.6) is 0 Å². The molecule has 0 radical (unpaired) electrons. The average Bonchev–Trinajstić information content (AvgIpc) is 3.39. The molecule has 0 aliphatic carbocycles. The zero-order valence-corrected chi connectivity index (χ0v) is 16.5. The van der Waals surface area contributed by atoms with Gasteiger partial charge in [-0.25, -0.2) is 0 Å². The Morgan fingerprint density at radius 1 is 0.967 bits per heavy atom. The number of para-hydroxylation sites is 1. The van der Waals surface area contributed by atoms with Crippen LogP contribution in [0.15, 0.2) is 54.9 Å². The summed E-state index contributed by atoms with van der Waals surface area (Å²) in [5, 5.41) is 13.6. The molecule has 150 valence electrons. The van der Waals surface area contributed by atoms with Gasteiger partial charge < -0.3 is 14.7 Å². The third kappa shape index (κ3) is 2.76. The molecule has 2 amide bonds. The highest BCUT2D eigenvalue weighted by molar-refractivity contribution is 6.50. The second-order valence-electron chi connectivity index (χ2n) is 7.62. The highest BCUT2D eigenvalue weighted by Crippen LogP contribution is 2.38. The normalized spacial score (nSPS) is 14.3. The van der Waals surface area contributed by atoms with Crippen molar-refractivity contribution in [3.8, 4) is 0 Å². The largest absolute Gasteiger partial charge is 0.396 e. The number of nitrogens with one attached hydrogen (secondary N) is 2. The molecule has 6 nitrogen and oxygen atoms in total. The minimum atomic E-state index is -0.386. The van der Waals surface area contributed by atoms with Gasteiger partial charge in [-0.2, -0.15) is 0 Å². The van der Waals surface area contributed by atoms with Crippen LogP contribution in [0.4, 0.5) is 0 Å². The van der Waals surface area contributed by atoms with E-state index in [-0.39, 0.29) is 18.4 Å². The summed E-state index contributed by atoms with van der Waals surface area (Å²) < 4.78 is 2.04. The van der Waals surface area contributed by atoms with E-state index in [1.54, 1.807) is 6.20 Å². The second kappa shape index (κ2) is 7.00. The van der Waals surface area contributed by atoms with Crippen LogP contribution in [-0.2, 0) is 16.1 Å². The van der Waals surface area contributed by atoms with Crippen molar-refractivity contribution >= 4 is 44.8 Å². The molecular weight excluding hydrogens is 378 g/mol. The van der Waals surface area contributed by atoms with Crippen molar-refractivity contribution < 1.29 is 14.7 Å². The van der Waals surface area contributed by atoms with E-state index >= 15 is 0 Å². The van der Waals surface area contributed by atoms with E-state index in [9.17, 15) is 14.7 Å². The summed E-state index contributed by atoms with van der Waals surface area (Å²) >= 11 is 0. The Bertz CT molecular complexity index is 1360. The third-order valence-electron chi connectivity index (χ3n) is 5.65. The lowest BCUT2D eigenvalue weighted by Crippen LogP contribution is -2.22. The molecule has 30 heavy (non-hydrogen) atoms. The minimum absolute atomic E-state index is 0.0864. The summed E-state index contributed by atoms with van der Waals surface area (Å²) in [6.45, 7) is 2.72. The lowest BCUT2D eigenvalue weighted by Gasteiger charge is -2.03. The number of benzene rings is 2. The Labute approximate surface area is 172 Å². The summed E-state index contributed by atoms with van der Waals surface area (Å²) in [6, 6.07) is 13.8. The quantitative estimate of drug-likeness (QED) is 0.450. The first-order chi connectivity index (χ1) is 14.6. The maximum absolute atomic E-state index is 12.9. The number of aliphatic hydroxyl groups excluding tert-OH is 1. The summed E-state index contributed by atoms with van der Waals surface area (Å²) in [5.74, 6) is -0.772. The zero-order valence-electron chi connectivity index (χ0n) is 16.5. The third-order valence-corrected chi connectivity index (χ3v) is 5.65. The number of rotatable bonds is 5. The lowest BCUT2D eigenvalue weighted by molar-refractivity contribution is -0.122. The van der Waals surface area contributed by atoms with Gasteiger partial charge in [0.2, 0.25) is 0 Å². The molecule has 3 N–H and O–H groups in total. The summed E-state index contributed by atoms with van der Waals surface area (Å²) in [4.78, 5) is 29.0. The minimum Gasteiger partial charge on any atom is -0.396 e. The van der Waals surface area contributed by atoms with Crippen LogP contribution in [0.1, 0.15) is 23.1 Å².